The van der Waals surface area contributed by atoms with Gasteiger partial charge in [-0.3, -0.25) is 0 Å². The highest BCUT2D eigenvalue weighted by Crippen LogP contribution is 2.22. The van der Waals surface area contributed by atoms with Crippen LogP contribution in [0.15, 0.2) is 53.6 Å². The summed E-state index contributed by atoms with van der Waals surface area (Å²) in [5.41, 5.74) is 3.07. The highest BCUT2D eigenvalue weighted by atomic mass is 32.1. The number of hydrogen-bond acceptors (Lipinski definition) is 4. The minimum atomic E-state index is 0.441. The molecule has 0 aliphatic heterocycles. The number of ether oxygens (including phenoxy) is 1. The monoisotopic (exact) mass is 338 g/mol. The molecule has 5 nitrogen and oxygen atoms in total. The van der Waals surface area contributed by atoms with Gasteiger partial charge in [0.25, 0.3) is 0 Å². The lowest BCUT2D eigenvalue weighted by Gasteiger charge is -2.05. The Labute approximate surface area is 145 Å². The lowest BCUT2D eigenvalue weighted by molar-refractivity contribution is 0.340. The molecule has 0 atom stereocenters. The van der Waals surface area contributed by atoms with Crippen molar-refractivity contribution in [2.45, 2.75) is 13.8 Å². The fourth-order valence-corrected chi connectivity index (χ4v) is 2.51. The molecule has 3 aromatic rings. The summed E-state index contributed by atoms with van der Waals surface area (Å²) >= 11 is 5.31. The third-order valence-electron chi connectivity index (χ3n) is 3.55. The van der Waals surface area contributed by atoms with E-state index >= 15 is 0 Å². The molecule has 0 fully saturated rings. The van der Waals surface area contributed by atoms with Crippen molar-refractivity contribution in [3.8, 4) is 17.1 Å². The quantitative estimate of drug-likeness (QED) is 0.560. The van der Waals surface area contributed by atoms with Gasteiger partial charge in [0.15, 0.2) is 5.82 Å². The summed E-state index contributed by atoms with van der Waals surface area (Å²) < 4.78 is 7.61. The van der Waals surface area contributed by atoms with Crippen molar-refractivity contribution in [3.63, 3.8) is 0 Å². The number of aromatic amines is 1. The van der Waals surface area contributed by atoms with E-state index in [1.165, 1.54) is 0 Å². The molecule has 0 amide bonds. The SMILES string of the molecule is CCOc1cccc(-c2n[nH]c(=S)n2/N=C\c2ccccc2C)c1. The van der Waals surface area contributed by atoms with E-state index in [0.717, 1.165) is 22.4 Å². The van der Waals surface area contributed by atoms with Crippen molar-refractivity contribution in [2.24, 2.45) is 5.10 Å². The molecule has 0 saturated heterocycles. The van der Waals surface area contributed by atoms with Crippen molar-refractivity contribution in [1.82, 2.24) is 14.9 Å². The molecule has 24 heavy (non-hydrogen) atoms. The average molecular weight is 338 g/mol. The van der Waals surface area contributed by atoms with Gasteiger partial charge in [0.2, 0.25) is 4.77 Å². The summed E-state index contributed by atoms with van der Waals surface area (Å²) in [6.45, 7) is 4.61. The summed E-state index contributed by atoms with van der Waals surface area (Å²) in [6, 6.07) is 15.8. The lowest BCUT2D eigenvalue weighted by atomic mass is 10.1. The summed E-state index contributed by atoms with van der Waals surface area (Å²) in [7, 11) is 0. The van der Waals surface area contributed by atoms with Gasteiger partial charge in [-0.1, -0.05) is 36.4 Å². The van der Waals surface area contributed by atoms with Crippen molar-refractivity contribution in [3.05, 3.63) is 64.4 Å². The minimum Gasteiger partial charge on any atom is -0.494 e. The van der Waals surface area contributed by atoms with Crippen LogP contribution in [0.3, 0.4) is 0 Å². The van der Waals surface area contributed by atoms with Gasteiger partial charge in [-0.25, -0.2) is 5.10 Å². The largest absolute Gasteiger partial charge is 0.494 e. The number of nitrogens with zero attached hydrogens (tertiary/aromatic N) is 3. The predicted octanol–water partition coefficient (Wildman–Crippen LogP) is 4.20. The van der Waals surface area contributed by atoms with Crippen LogP contribution in [0.4, 0.5) is 0 Å². The van der Waals surface area contributed by atoms with Gasteiger partial charge in [-0.05, 0) is 49.3 Å². The first kappa shape index (κ1) is 16.1. The zero-order chi connectivity index (χ0) is 16.9. The van der Waals surface area contributed by atoms with Crippen LogP contribution in [0.2, 0.25) is 0 Å². The maximum atomic E-state index is 5.55. The van der Waals surface area contributed by atoms with Crippen molar-refractivity contribution in [1.29, 1.82) is 0 Å². The van der Waals surface area contributed by atoms with E-state index < -0.39 is 0 Å². The number of hydrogen-bond donors (Lipinski definition) is 1. The minimum absolute atomic E-state index is 0.441. The summed E-state index contributed by atoms with van der Waals surface area (Å²) in [5, 5.41) is 11.6. The van der Waals surface area contributed by atoms with Gasteiger partial charge in [0, 0.05) is 5.56 Å². The Morgan fingerprint density at radius 2 is 2.08 bits per heavy atom. The Morgan fingerprint density at radius 1 is 1.25 bits per heavy atom. The van der Waals surface area contributed by atoms with Crippen LogP contribution in [-0.2, 0) is 0 Å². The van der Waals surface area contributed by atoms with E-state index in [1.54, 1.807) is 10.9 Å². The summed E-state index contributed by atoms with van der Waals surface area (Å²) in [6.07, 6.45) is 1.79. The molecule has 0 unspecified atom stereocenters. The van der Waals surface area contributed by atoms with Gasteiger partial charge in [-0.2, -0.15) is 14.9 Å². The molecule has 0 bridgehead atoms. The molecule has 0 aliphatic carbocycles. The maximum Gasteiger partial charge on any atom is 0.216 e. The Balaban J connectivity index is 1.99. The second-order valence-corrected chi connectivity index (χ2v) is 5.61. The molecular formula is C18H18N4OS. The molecule has 0 aliphatic rings. The summed E-state index contributed by atoms with van der Waals surface area (Å²) in [5.74, 6) is 1.43. The molecule has 0 spiro atoms. The zero-order valence-corrected chi connectivity index (χ0v) is 14.4. The van der Waals surface area contributed by atoms with Crippen LogP contribution >= 0.6 is 12.2 Å². The van der Waals surface area contributed by atoms with E-state index in [4.69, 9.17) is 17.0 Å². The average Bonchev–Trinajstić information content (AvgIpc) is 2.96. The van der Waals surface area contributed by atoms with Crippen molar-refractivity contribution in [2.75, 3.05) is 6.61 Å². The van der Waals surface area contributed by atoms with Crippen LogP contribution < -0.4 is 4.74 Å². The smallest absolute Gasteiger partial charge is 0.216 e. The number of nitrogens with one attached hydrogen (secondary N) is 1. The molecular weight excluding hydrogens is 320 g/mol. The van der Waals surface area contributed by atoms with Crippen LogP contribution in [0, 0.1) is 11.7 Å². The van der Waals surface area contributed by atoms with E-state index in [2.05, 4.69) is 15.3 Å². The first-order valence-electron chi connectivity index (χ1n) is 7.69. The molecule has 0 saturated carbocycles. The molecule has 1 aromatic heterocycles. The Hall–Kier alpha value is -2.73. The maximum absolute atomic E-state index is 5.55. The number of aryl methyl sites for hydroxylation is 1. The second kappa shape index (κ2) is 7.23. The Bertz CT molecular complexity index is 927. The van der Waals surface area contributed by atoms with E-state index in [-0.39, 0.29) is 0 Å². The van der Waals surface area contributed by atoms with Gasteiger partial charge in [0.05, 0.1) is 12.8 Å². The molecule has 1 heterocycles. The van der Waals surface area contributed by atoms with Gasteiger partial charge >= 0.3 is 0 Å². The first-order valence-corrected chi connectivity index (χ1v) is 8.10. The van der Waals surface area contributed by atoms with Gasteiger partial charge in [0.1, 0.15) is 5.75 Å². The van der Waals surface area contributed by atoms with Crippen molar-refractivity contribution >= 4 is 18.4 Å². The van der Waals surface area contributed by atoms with Crippen molar-refractivity contribution < 1.29 is 4.74 Å². The standard InChI is InChI=1S/C18H18N4OS/c1-3-23-16-10-6-9-14(11-16)17-20-21-18(24)22(17)19-12-15-8-5-4-7-13(15)2/h4-12H,3H2,1-2H3,(H,21,24)/b19-12-. The Kier molecular flexibility index (Phi) is 4.86. The fraction of sp³-hybridized carbons (Fsp3) is 0.167. The Morgan fingerprint density at radius 3 is 2.88 bits per heavy atom. The van der Waals surface area contributed by atoms with Crippen LogP contribution in [0.25, 0.3) is 11.4 Å². The van der Waals surface area contributed by atoms with E-state index in [0.29, 0.717) is 17.2 Å². The van der Waals surface area contributed by atoms with Crippen LogP contribution in [0.5, 0.6) is 5.75 Å². The van der Waals surface area contributed by atoms with Crippen LogP contribution in [0.1, 0.15) is 18.1 Å². The second-order valence-electron chi connectivity index (χ2n) is 5.23. The third kappa shape index (κ3) is 3.44. The zero-order valence-electron chi connectivity index (χ0n) is 13.6. The number of rotatable bonds is 5. The number of H-pyrrole nitrogens is 1. The van der Waals surface area contributed by atoms with E-state index in [9.17, 15) is 0 Å². The summed E-state index contributed by atoms with van der Waals surface area (Å²) in [4.78, 5) is 0. The first-order chi connectivity index (χ1) is 11.7. The molecule has 2 aromatic carbocycles. The third-order valence-corrected chi connectivity index (χ3v) is 3.82. The van der Waals surface area contributed by atoms with E-state index in [1.807, 2.05) is 62.4 Å². The molecule has 0 radical (unpaired) electrons. The van der Waals surface area contributed by atoms with Gasteiger partial charge in [-0.15, -0.1) is 0 Å². The van der Waals surface area contributed by atoms with Gasteiger partial charge < -0.3 is 4.74 Å². The highest BCUT2D eigenvalue weighted by Gasteiger charge is 2.09. The molecule has 122 valence electrons. The molecule has 1 N–H and O–H groups in total. The van der Waals surface area contributed by atoms with Crippen LogP contribution in [-0.4, -0.2) is 27.7 Å². The fourth-order valence-electron chi connectivity index (χ4n) is 2.33. The normalized spacial score (nSPS) is 11.1. The number of aromatic nitrogens is 3. The topological polar surface area (TPSA) is 55.2 Å². The molecule has 6 heteroatoms. The number of benzene rings is 2. The predicted molar refractivity (Wildman–Crippen MR) is 98.2 cm³/mol. The molecule has 3 rings (SSSR count). The highest BCUT2D eigenvalue weighted by molar-refractivity contribution is 7.71. The lowest BCUT2D eigenvalue weighted by Crippen LogP contribution is -1.97.